The maximum atomic E-state index is 12.5. The molecule has 0 aromatic carbocycles. The third-order valence-corrected chi connectivity index (χ3v) is 3.90. The number of hydrogen-bond acceptors (Lipinski definition) is 5. The van der Waals surface area contributed by atoms with Gasteiger partial charge in [0.2, 0.25) is 5.91 Å². The second-order valence-electron chi connectivity index (χ2n) is 5.54. The Kier molecular flexibility index (Phi) is 5.67. The average molecular weight is 319 g/mol. The molecule has 0 bridgehead atoms. The molecule has 2 heterocycles. The number of esters is 1. The van der Waals surface area contributed by atoms with E-state index in [0.717, 1.165) is 0 Å². The maximum Gasteiger partial charge on any atom is 0.308 e. The summed E-state index contributed by atoms with van der Waals surface area (Å²) in [6, 6.07) is 3.34. The van der Waals surface area contributed by atoms with E-state index in [1.165, 1.54) is 14.0 Å². The number of amides is 2. The van der Waals surface area contributed by atoms with Crippen molar-refractivity contribution >= 4 is 17.8 Å². The molecule has 1 aliphatic heterocycles. The normalized spacial score (nSPS) is 15.1. The van der Waals surface area contributed by atoms with Crippen LogP contribution in [0.15, 0.2) is 18.3 Å². The zero-order valence-electron chi connectivity index (χ0n) is 13.4. The number of piperidine rings is 1. The zero-order chi connectivity index (χ0) is 16.8. The highest BCUT2D eigenvalue weighted by atomic mass is 16.5. The van der Waals surface area contributed by atoms with Gasteiger partial charge in [-0.1, -0.05) is 0 Å². The van der Waals surface area contributed by atoms with Gasteiger partial charge in [-0.25, -0.2) is 0 Å². The van der Waals surface area contributed by atoms with E-state index in [2.05, 4.69) is 10.3 Å². The SMILES string of the molecule is COC(=O)C1CCN(C(=O)c2ccnc(CNC(C)=O)c2)CC1. The molecule has 1 aliphatic rings. The largest absolute Gasteiger partial charge is 0.469 e. The Morgan fingerprint density at radius 3 is 2.65 bits per heavy atom. The van der Waals surface area contributed by atoms with Crippen molar-refractivity contribution in [1.82, 2.24) is 15.2 Å². The third-order valence-electron chi connectivity index (χ3n) is 3.90. The summed E-state index contributed by atoms with van der Waals surface area (Å²) in [5.41, 5.74) is 1.17. The molecule has 0 aliphatic carbocycles. The van der Waals surface area contributed by atoms with Crippen LogP contribution in [-0.2, 0) is 20.9 Å². The molecule has 1 fully saturated rings. The third kappa shape index (κ3) is 4.51. The Morgan fingerprint density at radius 1 is 1.35 bits per heavy atom. The van der Waals surface area contributed by atoms with Crippen LogP contribution < -0.4 is 5.32 Å². The van der Waals surface area contributed by atoms with Crippen LogP contribution in [0.3, 0.4) is 0 Å². The molecule has 0 radical (unpaired) electrons. The molecule has 124 valence electrons. The van der Waals surface area contributed by atoms with Gasteiger partial charge in [0.25, 0.3) is 5.91 Å². The summed E-state index contributed by atoms with van der Waals surface area (Å²) in [6.45, 7) is 2.78. The van der Waals surface area contributed by atoms with Crippen molar-refractivity contribution in [3.05, 3.63) is 29.6 Å². The lowest BCUT2D eigenvalue weighted by Gasteiger charge is -2.30. The quantitative estimate of drug-likeness (QED) is 0.827. The molecule has 2 rings (SSSR count). The first kappa shape index (κ1) is 16.9. The monoisotopic (exact) mass is 319 g/mol. The van der Waals surface area contributed by atoms with E-state index in [4.69, 9.17) is 4.74 Å². The summed E-state index contributed by atoms with van der Waals surface area (Å²) in [6.07, 6.45) is 2.79. The van der Waals surface area contributed by atoms with Crippen LogP contribution in [0.4, 0.5) is 0 Å². The maximum absolute atomic E-state index is 12.5. The van der Waals surface area contributed by atoms with Gasteiger partial charge in [-0.15, -0.1) is 0 Å². The van der Waals surface area contributed by atoms with Gasteiger partial charge in [-0.05, 0) is 25.0 Å². The molecule has 7 nitrogen and oxygen atoms in total. The van der Waals surface area contributed by atoms with Crippen LogP contribution in [0, 0.1) is 5.92 Å². The van der Waals surface area contributed by atoms with Gasteiger partial charge in [0.1, 0.15) is 0 Å². The van der Waals surface area contributed by atoms with E-state index in [1.54, 1.807) is 23.2 Å². The van der Waals surface area contributed by atoms with Crippen LogP contribution in [0.5, 0.6) is 0 Å². The molecular formula is C16H21N3O4. The molecule has 0 atom stereocenters. The van der Waals surface area contributed by atoms with Crippen molar-refractivity contribution in [3.63, 3.8) is 0 Å². The van der Waals surface area contributed by atoms with E-state index in [0.29, 0.717) is 43.7 Å². The number of methoxy groups -OCH3 is 1. The second-order valence-corrected chi connectivity index (χ2v) is 5.54. The van der Waals surface area contributed by atoms with Crippen LogP contribution in [-0.4, -0.2) is 47.9 Å². The Labute approximate surface area is 135 Å². The van der Waals surface area contributed by atoms with Gasteiger partial charge in [0.05, 0.1) is 25.3 Å². The standard InChI is InChI=1S/C16H21N3O4/c1-11(20)18-10-14-9-13(3-6-17-14)15(21)19-7-4-12(5-8-19)16(22)23-2/h3,6,9,12H,4-5,7-8,10H2,1-2H3,(H,18,20). The highest BCUT2D eigenvalue weighted by molar-refractivity contribution is 5.94. The zero-order valence-corrected chi connectivity index (χ0v) is 13.4. The topological polar surface area (TPSA) is 88.6 Å². The van der Waals surface area contributed by atoms with E-state index >= 15 is 0 Å². The van der Waals surface area contributed by atoms with Crippen molar-refractivity contribution in [2.75, 3.05) is 20.2 Å². The first-order valence-corrected chi connectivity index (χ1v) is 7.57. The van der Waals surface area contributed by atoms with Gasteiger partial charge < -0.3 is 15.0 Å². The van der Waals surface area contributed by atoms with Crippen molar-refractivity contribution in [1.29, 1.82) is 0 Å². The number of carbonyl (C=O) groups is 3. The number of pyridine rings is 1. The van der Waals surface area contributed by atoms with E-state index in [-0.39, 0.29) is 23.7 Å². The van der Waals surface area contributed by atoms with Crippen LogP contribution in [0.25, 0.3) is 0 Å². The molecule has 0 saturated carbocycles. The number of rotatable bonds is 4. The summed E-state index contributed by atoms with van der Waals surface area (Å²) in [7, 11) is 1.38. The predicted molar refractivity (Wildman–Crippen MR) is 82.4 cm³/mol. The van der Waals surface area contributed by atoms with Gasteiger partial charge in [0, 0.05) is 31.8 Å². The summed E-state index contributed by atoms with van der Waals surface area (Å²) in [5, 5.41) is 2.65. The summed E-state index contributed by atoms with van der Waals surface area (Å²) in [5.74, 6) is -0.566. The van der Waals surface area contributed by atoms with E-state index < -0.39 is 0 Å². The number of likely N-dealkylation sites (tertiary alicyclic amines) is 1. The fourth-order valence-corrected chi connectivity index (χ4v) is 2.59. The summed E-state index contributed by atoms with van der Waals surface area (Å²) < 4.78 is 4.75. The lowest BCUT2D eigenvalue weighted by atomic mass is 9.96. The molecule has 1 saturated heterocycles. The van der Waals surface area contributed by atoms with Crippen LogP contribution >= 0.6 is 0 Å². The van der Waals surface area contributed by atoms with Gasteiger partial charge in [0.15, 0.2) is 0 Å². The molecule has 1 aromatic rings. The smallest absolute Gasteiger partial charge is 0.308 e. The number of carbonyl (C=O) groups excluding carboxylic acids is 3. The van der Waals surface area contributed by atoms with Gasteiger partial charge in [-0.3, -0.25) is 19.4 Å². The number of aromatic nitrogens is 1. The molecule has 1 aromatic heterocycles. The summed E-state index contributed by atoms with van der Waals surface area (Å²) >= 11 is 0. The second kappa shape index (κ2) is 7.71. The lowest BCUT2D eigenvalue weighted by molar-refractivity contribution is -0.146. The van der Waals surface area contributed by atoms with Crippen molar-refractivity contribution in [2.45, 2.75) is 26.3 Å². The highest BCUT2D eigenvalue weighted by Gasteiger charge is 2.28. The number of ether oxygens (including phenoxy) is 1. The number of nitrogens with zero attached hydrogens (tertiary/aromatic N) is 2. The highest BCUT2D eigenvalue weighted by Crippen LogP contribution is 2.20. The Balaban J connectivity index is 1.97. The molecular weight excluding hydrogens is 298 g/mol. The molecule has 0 spiro atoms. The minimum absolute atomic E-state index is 0.0835. The number of hydrogen-bond donors (Lipinski definition) is 1. The molecule has 7 heteroatoms. The lowest BCUT2D eigenvalue weighted by Crippen LogP contribution is -2.40. The first-order valence-electron chi connectivity index (χ1n) is 7.57. The van der Waals surface area contributed by atoms with Crippen molar-refractivity contribution < 1.29 is 19.1 Å². The van der Waals surface area contributed by atoms with Gasteiger partial charge >= 0.3 is 5.97 Å². The Bertz CT molecular complexity index is 595. The summed E-state index contributed by atoms with van der Waals surface area (Å²) in [4.78, 5) is 40.9. The predicted octanol–water partition coefficient (Wildman–Crippen LogP) is 0.743. The molecule has 2 amide bonds. The Morgan fingerprint density at radius 2 is 2.04 bits per heavy atom. The van der Waals surface area contributed by atoms with Gasteiger partial charge in [-0.2, -0.15) is 0 Å². The molecule has 23 heavy (non-hydrogen) atoms. The number of nitrogens with one attached hydrogen (secondary N) is 1. The molecule has 1 N–H and O–H groups in total. The fourth-order valence-electron chi connectivity index (χ4n) is 2.59. The van der Waals surface area contributed by atoms with Crippen molar-refractivity contribution in [3.8, 4) is 0 Å². The average Bonchev–Trinajstić information content (AvgIpc) is 2.59. The first-order chi connectivity index (χ1) is 11.0. The van der Waals surface area contributed by atoms with Crippen molar-refractivity contribution in [2.24, 2.45) is 5.92 Å². The minimum atomic E-state index is -0.210. The van der Waals surface area contributed by atoms with Crippen LogP contribution in [0.2, 0.25) is 0 Å². The van der Waals surface area contributed by atoms with E-state index in [9.17, 15) is 14.4 Å². The Hall–Kier alpha value is -2.44. The van der Waals surface area contributed by atoms with E-state index in [1.807, 2.05) is 0 Å². The molecule has 0 unspecified atom stereocenters. The minimum Gasteiger partial charge on any atom is -0.469 e. The fraction of sp³-hybridized carbons (Fsp3) is 0.500. The van der Waals surface area contributed by atoms with Crippen LogP contribution in [0.1, 0.15) is 35.8 Å².